The lowest BCUT2D eigenvalue weighted by atomic mass is 10.2. The third-order valence-corrected chi connectivity index (χ3v) is 4.95. The summed E-state index contributed by atoms with van der Waals surface area (Å²) < 4.78 is 7.22. The minimum absolute atomic E-state index is 0.157. The van der Waals surface area contributed by atoms with E-state index < -0.39 is 0 Å². The van der Waals surface area contributed by atoms with Crippen LogP contribution >= 0.6 is 23.4 Å². The Labute approximate surface area is 161 Å². The van der Waals surface area contributed by atoms with Crippen LogP contribution in [0.3, 0.4) is 0 Å². The lowest BCUT2D eigenvalue weighted by molar-refractivity contribution is -0.113. The van der Waals surface area contributed by atoms with Crippen LogP contribution in [0.2, 0.25) is 5.02 Å². The molecule has 1 N–H and O–H groups in total. The van der Waals surface area contributed by atoms with Gasteiger partial charge in [0.25, 0.3) is 0 Å². The SMILES string of the molecule is COc1ccc(Cl)cc1NC(=O)CSc1nccn1-c1ccccc1C. The summed E-state index contributed by atoms with van der Waals surface area (Å²) in [5.74, 6) is 0.627. The van der Waals surface area contributed by atoms with E-state index in [0.717, 1.165) is 16.4 Å². The topological polar surface area (TPSA) is 56.1 Å². The Bertz CT molecular complexity index is 927. The number of aromatic nitrogens is 2. The Morgan fingerprint density at radius 3 is 2.88 bits per heavy atom. The predicted molar refractivity (Wildman–Crippen MR) is 106 cm³/mol. The third kappa shape index (κ3) is 4.20. The van der Waals surface area contributed by atoms with Crippen LogP contribution in [0.15, 0.2) is 60.0 Å². The maximum atomic E-state index is 12.3. The molecular formula is C19H18ClN3O2S. The molecule has 2 aromatic carbocycles. The van der Waals surface area contributed by atoms with Gasteiger partial charge in [-0.2, -0.15) is 0 Å². The van der Waals surface area contributed by atoms with E-state index in [1.165, 1.54) is 11.8 Å². The van der Waals surface area contributed by atoms with Crippen molar-refractivity contribution < 1.29 is 9.53 Å². The largest absolute Gasteiger partial charge is 0.495 e. The Hall–Kier alpha value is -2.44. The number of benzene rings is 2. The number of carbonyl (C=O) groups is 1. The van der Waals surface area contributed by atoms with Crippen LogP contribution in [0, 0.1) is 6.92 Å². The first kappa shape index (κ1) is 18.4. The highest BCUT2D eigenvalue weighted by atomic mass is 35.5. The number of anilines is 1. The monoisotopic (exact) mass is 387 g/mol. The molecular weight excluding hydrogens is 370 g/mol. The third-order valence-electron chi connectivity index (χ3n) is 3.75. The maximum absolute atomic E-state index is 12.3. The van der Waals surface area contributed by atoms with Gasteiger partial charge in [0.15, 0.2) is 5.16 Å². The molecule has 0 aliphatic rings. The number of rotatable bonds is 6. The highest BCUT2D eigenvalue weighted by Gasteiger charge is 2.12. The zero-order valence-corrected chi connectivity index (χ0v) is 16.0. The van der Waals surface area contributed by atoms with Gasteiger partial charge in [-0.1, -0.05) is 41.6 Å². The van der Waals surface area contributed by atoms with Crippen LogP contribution in [-0.4, -0.2) is 28.3 Å². The summed E-state index contributed by atoms with van der Waals surface area (Å²) in [4.78, 5) is 16.7. The number of para-hydroxylation sites is 1. The van der Waals surface area contributed by atoms with E-state index in [0.29, 0.717) is 16.5 Å². The highest BCUT2D eigenvalue weighted by Crippen LogP contribution is 2.28. The molecule has 1 heterocycles. The van der Waals surface area contributed by atoms with Crippen molar-refractivity contribution >= 4 is 35.0 Å². The molecule has 134 valence electrons. The summed E-state index contributed by atoms with van der Waals surface area (Å²) in [6.07, 6.45) is 3.62. The van der Waals surface area contributed by atoms with E-state index in [9.17, 15) is 4.79 Å². The minimum Gasteiger partial charge on any atom is -0.495 e. The van der Waals surface area contributed by atoms with E-state index in [2.05, 4.69) is 10.3 Å². The van der Waals surface area contributed by atoms with Crippen molar-refractivity contribution in [2.24, 2.45) is 0 Å². The lowest BCUT2D eigenvalue weighted by Crippen LogP contribution is -2.15. The van der Waals surface area contributed by atoms with Crippen LogP contribution in [0.1, 0.15) is 5.56 Å². The van der Waals surface area contributed by atoms with Gasteiger partial charge in [-0.15, -0.1) is 0 Å². The first-order valence-corrected chi connectivity index (χ1v) is 9.30. The predicted octanol–water partition coefficient (Wildman–Crippen LogP) is 4.57. The second-order valence-corrected chi connectivity index (χ2v) is 6.93. The molecule has 3 aromatic rings. The quantitative estimate of drug-likeness (QED) is 0.629. The molecule has 7 heteroatoms. The number of hydrogen-bond donors (Lipinski definition) is 1. The van der Waals surface area contributed by atoms with Gasteiger partial charge < -0.3 is 10.1 Å². The zero-order chi connectivity index (χ0) is 18.5. The fraction of sp³-hybridized carbons (Fsp3) is 0.158. The molecule has 0 saturated carbocycles. The number of methoxy groups -OCH3 is 1. The number of aryl methyl sites for hydroxylation is 1. The normalized spacial score (nSPS) is 10.6. The molecule has 0 unspecified atom stereocenters. The Kier molecular flexibility index (Phi) is 5.85. The molecule has 26 heavy (non-hydrogen) atoms. The van der Waals surface area contributed by atoms with E-state index >= 15 is 0 Å². The van der Waals surface area contributed by atoms with E-state index in [-0.39, 0.29) is 11.7 Å². The van der Waals surface area contributed by atoms with Gasteiger partial charge in [-0.25, -0.2) is 4.98 Å². The molecule has 0 aliphatic carbocycles. The van der Waals surface area contributed by atoms with Crippen molar-refractivity contribution in [1.82, 2.24) is 9.55 Å². The fourth-order valence-electron chi connectivity index (χ4n) is 2.51. The zero-order valence-electron chi connectivity index (χ0n) is 14.4. The molecule has 0 radical (unpaired) electrons. The van der Waals surface area contributed by atoms with Crippen LogP contribution in [0.4, 0.5) is 5.69 Å². The van der Waals surface area contributed by atoms with Gasteiger partial charge in [-0.3, -0.25) is 9.36 Å². The van der Waals surface area contributed by atoms with Crippen LogP contribution in [-0.2, 0) is 4.79 Å². The lowest BCUT2D eigenvalue weighted by Gasteiger charge is -2.12. The Balaban J connectivity index is 1.69. The van der Waals surface area contributed by atoms with Gasteiger partial charge in [0.1, 0.15) is 5.75 Å². The molecule has 1 amide bonds. The van der Waals surface area contributed by atoms with Crippen LogP contribution in [0.25, 0.3) is 5.69 Å². The number of thioether (sulfide) groups is 1. The molecule has 0 saturated heterocycles. The molecule has 5 nitrogen and oxygen atoms in total. The number of nitrogens with one attached hydrogen (secondary N) is 1. The van der Waals surface area contributed by atoms with Crippen molar-refractivity contribution in [2.75, 3.05) is 18.2 Å². The summed E-state index contributed by atoms with van der Waals surface area (Å²) in [6, 6.07) is 13.1. The first-order chi connectivity index (χ1) is 12.6. The molecule has 0 bridgehead atoms. The minimum atomic E-state index is -0.157. The molecule has 0 atom stereocenters. The molecule has 0 aliphatic heterocycles. The van der Waals surface area contributed by atoms with Crippen molar-refractivity contribution in [1.29, 1.82) is 0 Å². The van der Waals surface area contributed by atoms with E-state index in [4.69, 9.17) is 16.3 Å². The summed E-state index contributed by atoms with van der Waals surface area (Å²) in [7, 11) is 1.55. The van der Waals surface area contributed by atoms with E-state index in [1.807, 2.05) is 42.0 Å². The fourth-order valence-corrected chi connectivity index (χ4v) is 3.45. The molecule has 0 fully saturated rings. The smallest absolute Gasteiger partial charge is 0.234 e. The van der Waals surface area contributed by atoms with Gasteiger partial charge in [0, 0.05) is 17.4 Å². The average molecular weight is 388 g/mol. The second kappa shape index (κ2) is 8.29. The number of imidazole rings is 1. The maximum Gasteiger partial charge on any atom is 0.234 e. The summed E-state index contributed by atoms with van der Waals surface area (Å²) in [5, 5.41) is 4.12. The number of hydrogen-bond acceptors (Lipinski definition) is 4. The number of nitrogens with zero attached hydrogens (tertiary/aromatic N) is 2. The number of amides is 1. The Morgan fingerprint density at radius 2 is 2.12 bits per heavy atom. The number of ether oxygens (including phenoxy) is 1. The standard InChI is InChI=1S/C19H18ClN3O2S/c1-13-5-3-4-6-16(13)23-10-9-21-19(23)26-12-18(24)22-15-11-14(20)7-8-17(15)25-2/h3-11H,12H2,1-2H3,(H,22,24). The molecule has 3 rings (SSSR count). The van der Waals surface area contributed by atoms with Crippen LogP contribution < -0.4 is 10.1 Å². The van der Waals surface area contributed by atoms with Gasteiger partial charge in [0.05, 0.1) is 24.2 Å². The van der Waals surface area contributed by atoms with Gasteiger partial charge in [0.2, 0.25) is 5.91 Å². The first-order valence-electron chi connectivity index (χ1n) is 7.94. The highest BCUT2D eigenvalue weighted by molar-refractivity contribution is 7.99. The van der Waals surface area contributed by atoms with E-state index in [1.54, 1.807) is 31.5 Å². The summed E-state index contributed by atoms with van der Waals surface area (Å²) in [5.41, 5.74) is 2.73. The van der Waals surface area contributed by atoms with Gasteiger partial charge in [-0.05, 0) is 36.8 Å². The number of halogens is 1. The van der Waals surface area contributed by atoms with Crippen molar-refractivity contribution in [3.8, 4) is 11.4 Å². The molecule has 0 spiro atoms. The average Bonchev–Trinajstić information content (AvgIpc) is 3.09. The van der Waals surface area contributed by atoms with Crippen molar-refractivity contribution in [2.45, 2.75) is 12.1 Å². The second-order valence-electron chi connectivity index (χ2n) is 5.55. The summed E-state index contributed by atoms with van der Waals surface area (Å²) >= 11 is 7.36. The van der Waals surface area contributed by atoms with Crippen molar-refractivity contribution in [3.05, 3.63) is 65.4 Å². The Morgan fingerprint density at radius 1 is 1.31 bits per heavy atom. The number of carbonyl (C=O) groups excluding carboxylic acids is 1. The van der Waals surface area contributed by atoms with Crippen LogP contribution in [0.5, 0.6) is 5.75 Å². The van der Waals surface area contributed by atoms with Crippen molar-refractivity contribution in [3.63, 3.8) is 0 Å². The summed E-state index contributed by atoms with van der Waals surface area (Å²) in [6.45, 7) is 2.04. The van der Waals surface area contributed by atoms with Gasteiger partial charge >= 0.3 is 0 Å². The molecule has 1 aromatic heterocycles.